The molecule has 0 bridgehead atoms. The third-order valence-electron chi connectivity index (χ3n) is 3.12. The van der Waals surface area contributed by atoms with Crippen molar-refractivity contribution in [3.8, 4) is 5.88 Å². The number of pyridine rings is 1. The van der Waals surface area contributed by atoms with Gasteiger partial charge in [0.2, 0.25) is 5.88 Å². The Labute approximate surface area is 101 Å². The summed E-state index contributed by atoms with van der Waals surface area (Å²) in [6.07, 6.45) is 4.66. The van der Waals surface area contributed by atoms with Crippen molar-refractivity contribution in [2.24, 2.45) is 5.92 Å². The first-order chi connectivity index (χ1) is 8.15. The maximum Gasteiger partial charge on any atom is 0.354 e. The van der Waals surface area contributed by atoms with Crippen molar-refractivity contribution in [3.63, 3.8) is 0 Å². The minimum Gasteiger partial charge on any atom is -0.477 e. The molecule has 1 aromatic heterocycles. The largest absolute Gasteiger partial charge is 0.477 e. The van der Waals surface area contributed by atoms with E-state index in [0.29, 0.717) is 11.8 Å². The molecule has 1 fully saturated rings. The second-order valence-electron chi connectivity index (χ2n) is 4.68. The molecule has 2 rings (SSSR count). The molecular weight excluding hydrogens is 218 g/mol. The van der Waals surface area contributed by atoms with Crippen molar-refractivity contribution in [1.29, 1.82) is 0 Å². The summed E-state index contributed by atoms with van der Waals surface area (Å²) in [4.78, 5) is 14.7. The summed E-state index contributed by atoms with van der Waals surface area (Å²) in [5.41, 5.74) is 0.0337. The Balaban J connectivity index is 2.02. The number of aromatic nitrogens is 1. The Hall–Kier alpha value is -1.58. The third-order valence-corrected chi connectivity index (χ3v) is 3.12. The zero-order chi connectivity index (χ0) is 12.3. The quantitative estimate of drug-likeness (QED) is 0.875. The Morgan fingerprint density at radius 2 is 2.29 bits per heavy atom. The smallest absolute Gasteiger partial charge is 0.354 e. The average Bonchev–Trinajstić information content (AvgIpc) is 2.29. The van der Waals surface area contributed by atoms with Gasteiger partial charge in [-0.2, -0.15) is 0 Å². The van der Waals surface area contributed by atoms with Crippen molar-refractivity contribution in [2.75, 3.05) is 0 Å². The molecule has 1 aliphatic carbocycles. The van der Waals surface area contributed by atoms with E-state index in [9.17, 15) is 4.79 Å². The van der Waals surface area contributed by atoms with Gasteiger partial charge in [-0.1, -0.05) is 19.4 Å². The first kappa shape index (κ1) is 11.9. The minimum absolute atomic E-state index is 0.0337. The number of aromatic carboxylic acids is 1. The SMILES string of the molecule is CC1CCCC(Oc2cccc(C(=O)O)n2)C1. The molecule has 0 radical (unpaired) electrons. The lowest BCUT2D eigenvalue weighted by molar-refractivity contribution is 0.0686. The maximum absolute atomic E-state index is 10.8. The van der Waals surface area contributed by atoms with Crippen molar-refractivity contribution in [2.45, 2.75) is 38.7 Å². The summed E-state index contributed by atoms with van der Waals surface area (Å²) in [7, 11) is 0. The van der Waals surface area contributed by atoms with Gasteiger partial charge in [-0.05, 0) is 31.2 Å². The molecule has 1 aromatic rings. The zero-order valence-electron chi connectivity index (χ0n) is 9.93. The number of hydrogen-bond acceptors (Lipinski definition) is 3. The van der Waals surface area contributed by atoms with Gasteiger partial charge >= 0.3 is 5.97 Å². The lowest BCUT2D eigenvalue weighted by Crippen LogP contribution is -2.24. The van der Waals surface area contributed by atoms with E-state index < -0.39 is 5.97 Å². The van der Waals surface area contributed by atoms with Crippen LogP contribution >= 0.6 is 0 Å². The fraction of sp³-hybridized carbons (Fsp3) is 0.538. The fourth-order valence-corrected chi connectivity index (χ4v) is 2.26. The lowest BCUT2D eigenvalue weighted by Gasteiger charge is -2.26. The number of ether oxygens (including phenoxy) is 1. The molecule has 0 saturated heterocycles. The van der Waals surface area contributed by atoms with Crippen LogP contribution in [0.1, 0.15) is 43.1 Å². The maximum atomic E-state index is 10.8. The van der Waals surface area contributed by atoms with Crippen molar-refractivity contribution < 1.29 is 14.6 Å². The highest BCUT2D eigenvalue weighted by atomic mass is 16.5. The number of nitrogens with zero attached hydrogens (tertiary/aromatic N) is 1. The first-order valence-electron chi connectivity index (χ1n) is 6.02. The number of carboxylic acids is 1. The van der Waals surface area contributed by atoms with E-state index in [4.69, 9.17) is 9.84 Å². The van der Waals surface area contributed by atoms with Crippen LogP contribution in [0.2, 0.25) is 0 Å². The normalized spacial score (nSPS) is 24.3. The highest BCUT2D eigenvalue weighted by Gasteiger charge is 2.20. The van der Waals surface area contributed by atoms with Gasteiger partial charge in [0.1, 0.15) is 6.10 Å². The summed E-state index contributed by atoms with van der Waals surface area (Å²) in [6, 6.07) is 4.85. The van der Waals surface area contributed by atoms with Crippen LogP contribution in [0, 0.1) is 5.92 Å². The Morgan fingerprint density at radius 3 is 3.00 bits per heavy atom. The van der Waals surface area contributed by atoms with E-state index in [1.165, 1.54) is 18.9 Å². The van der Waals surface area contributed by atoms with Crippen LogP contribution < -0.4 is 4.74 Å². The zero-order valence-corrected chi connectivity index (χ0v) is 9.93. The molecule has 1 heterocycles. The number of hydrogen-bond donors (Lipinski definition) is 1. The van der Waals surface area contributed by atoms with E-state index >= 15 is 0 Å². The van der Waals surface area contributed by atoms with Gasteiger partial charge in [-0.3, -0.25) is 0 Å². The van der Waals surface area contributed by atoms with Crippen LogP contribution in [0.4, 0.5) is 0 Å². The molecule has 0 amide bonds. The molecule has 92 valence electrons. The molecule has 0 spiro atoms. The Bertz CT molecular complexity index is 405. The van der Waals surface area contributed by atoms with Gasteiger partial charge in [-0.25, -0.2) is 9.78 Å². The minimum atomic E-state index is -1.02. The topological polar surface area (TPSA) is 59.4 Å². The molecule has 4 nitrogen and oxygen atoms in total. The predicted octanol–water partition coefficient (Wildman–Crippen LogP) is 2.74. The summed E-state index contributed by atoms with van der Waals surface area (Å²) in [6.45, 7) is 2.22. The van der Waals surface area contributed by atoms with E-state index in [-0.39, 0.29) is 11.8 Å². The van der Waals surface area contributed by atoms with E-state index in [0.717, 1.165) is 12.8 Å². The average molecular weight is 235 g/mol. The van der Waals surface area contributed by atoms with Crippen LogP contribution in [-0.4, -0.2) is 22.2 Å². The van der Waals surface area contributed by atoms with E-state index in [1.54, 1.807) is 12.1 Å². The molecule has 0 aromatic carbocycles. The Morgan fingerprint density at radius 1 is 1.47 bits per heavy atom. The van der Waals surface area contributed by atoms with Gasteiger partial charge in [-0.15, -0.1) is 0 Å². The lowest BCUT2D eigenvalue weighted by atomic mass is 9.89. The molecule has 1 N–H and O–H groups in total. The number of rotatable bonds is 3. The second-order valence-corrected chi connectivity index (χ2v) is 4.68. The summed E-state index contributed by atoms with van der Waals surface area (Å²) in [5.74, 6) is 0.0767. The van der Waals surface area contributed by atoms with E-state index in [1.807, 2.05) is 0 Å². The van der Waals surface area contributed by atoms with Gasteiger partial charge < -0.3 is 9.84 Å². The second kappa shape index (κ2) is 5.17. The summed E-state index contributed by atoms with van der Waals surface area (Å²) < 4.78 is 5.74. The van der Waals surface area contributed by atoms with Crippen molar-refractivity contribution in [1.82, 2.24) is 4.98 Å². The van der Waals surface area contributed by atoms with Crippen LogP contribution in [0.15, 0.2) is 18.2 Å². The molecule has 2 atom stereocenters. The third kappa shape index (κ3) is 3.19. The van der Waals surface area contributed by atoms with Crippen molar-refractivity contribution in [3.05, 3.63) is 23.9 Å². The summed E-state index contributed by atoms with van der Waals surface area (Å²) >= 11 is 0. The monoisotopic (exact) mass is 235 g/mol. The molecule has 0 aliphatic heterocycles. The van der Waals surface area contributed by atoms with Gasteiger partial charge in [0.25, 0.3) is 0 Å². The van der Waals surface area contributed by atoms with Crippen molar-refractivity contribution >= 4 is 5.97 Å². The number of carbonyl (C=O) groups is 1. The highest BCUT2D eigenvalue weighted by molar-refractivity contribution is 5.85. The molecular formula is C13H17NO3. The van der Waals surface area contributed by atoms with Gasteiger partial charge in [0.15, 0.2) is 5.69 Å². The standard InChI is InChI=1S/C13H17NO3/c1-9-4-2-5-10(8-9)17-12-7-3-6-11(14-12)13(15)16/h3,6-7,9-10H,2,4-5,8H2,1H3,(H,15,16). The Kier molecular flexibility index (Phi) is 3.61. The van der Waals surface area contributed by atoms with Crippen LogP contribution in [0.3, 0.4) is 0 Å². The van der Waals surface area contributed by atoms with Gasteiger partial charge in [0.05, 0.1) is 0 Å². The van der Waals surface area contributed by atoms with Gasteiger partial charge in [0, 0.05) is 6.07 Å². The molecule has 4 heteroatoms. The highest BCUT2D eigenvalue weighted by Crippen LogP contribution is 2.26. The first-order valence-corrected chi connectivity index (χ1v) is 6.02. The van der Waals surface area contributed by atoms with Crippen LogP contribution in [0.5, 0.6) is 5.88 Å². The molecule has 1 aliphatic rings. The van der Waals surface area contributed by atoms with E-state index in [2.05, 4.69) is 11.9 Å². The van der Waals surface area contributed by atoms with Crippen LogP contribution in [-0.2, 0) is 0 Å². The number of carboxylic acid groups (broad SMARTS) is 1. The molecule has 1 saturated carbocycles. The predicted molar refractivity (Wildman–Crippen MR) is 63.2 cm³/mol. The fourth-order valence-electron chi connectivity index (χ4n) is 2.26. The molecule has 2 unspecified atom stereocenters. The summed E-state index contributed by atoms with van der Waals surface area (Å²) in [5, 5.41) is 8.84. The van der Waals surface area contributed by atoms with Crippen LogP contribution in [0.25, 0.3) is 0 Å². The molecule has 17 heavy (non-hydrogen) atoms.